The highest BCUT2D eigenvalue weighted by Gasteiger charge is 2.38. The predicted molar refractivity (Wildman–Crippen MR) is 75.7 cm³/mol. The smallest absolute Gasteiger partial charge is 0.258 e. The van der Waals surface area contributed by atoms with E-state index in [0.29, 0.717) is 12.8 Å². The van der Waals surface area contributed by atoms with E-state index in [9.17, 15) is 23.8 Å². The van der Waals surface area contributed by atoms with Crippen LogP contribution < -0.4 is 4.72 Å². The minimum Gasteiger partial charge on any atom is -0.258 e. The molecule has 2 rings (SSSR count). The molecule has 112 valence electrons. The summed E-state index contributed by atoms with van der Waals surface area (Å²) in [7, 11) is -3.82. The van der Waals surface area contributed by atoms with Crippen LogP contribution in [0.2, 0.25) is 0 Å². The van der Waals surface area contributed by atoms with Crippen molar-refractivity contribution in [2.24, 2.45) is 0 Å². The number of nitro groups is 1. The van der Waals surface area contributed by atoms with Crippen LogP contribution in [0.25, 0.3) is 0 Å². The van der Waals surface area contributed by atoms with Crippen LogP contribution in [0.4, 0.5) is 5.69 Å². The van der Waals surface area contributed by atoms with E-state index in [2.05, 4.69) is 4.72 Å². The second-order valence-electron chi connectivity index (χ2n) is 5.15. The molecular formula is C13H15N3O4S. The van der Waals surface area contributed by atoms with Gasteiger partial charge in [0.2, 0.25) is 10.0 Å². The highest BCUT2D eigenvalue weighted by atomic mass is 32.2. The molecule has 21 heavy (non-hydrogen) atoms. The molecule has 1 aliphatic carbocycles. The fraction of sp³-hybridized carbons (Fsp3) is 0.462. The number of nitriles is 1. The van der Waals surface area contributed by atoms with Crippen LogP contribution in [0.3, 0.4) is 0 Å². The molecule has 0 spiro atoms. The number of nitro benzene ring substituents is 1. The summed E-state index contributed by atoms with van der Waals surface area (Å²) in [4.78, 5) is 10.3. The van der Waals surface area contributed by atoms with E-state index < -0.39 is 26.2 Å². The normalized spacial score (nSPS) is 17.3. The van der Waals surface area contributed by atoms with E-state index in [1.54, 1.807) is 6.07 Å². The first kappa shape index (κ1) is 15.4. The molecule has 0 saturated heterocycles. The SMILES string of the molecule is N#CC1(NS(=O)(=O)Cc2ccccc2[N+](=O)[O-])CCCC1. The molecule has 0 heterocycles. The molecular weight excluding hydrogens is 294 g/mol. The lowest BCUT2D eigenvalue weighted by Gasteiger charge is -2.21. The Kier molecular flexibility index (Phi) is 4.25. The van der Waals surface area contributed by atoms with Crippen molar-refractivity contribution in [2.75, 3.05) is 0 Å². The fourth-order valence-corrected chi connectivity index (χ4v) is 4.14. The summed E-state index contributed by atoms with van der Waals surface area (Å²) in [6.45, 7) is 0. The number of sulfonamides is 1. The molecule has 1 N–H and O–H groups in total. The topological polar surface area (TPSA) is 113 Å². The van der Waals surface area contributed by atoms with Crippen LogP contribution in [0.1, 0.15) is 31.2 Å². The molecule has 0 atom stereocenters. The molecule has 0 amide bonds. The van der Waals surface area contributed by atoms with E-state index >= 15 is 0 Å². The number of rotatable bonds is 5. The summed E-state index contributed by atoms with van der Waals surface area (Å²) in [5, 5.41) is 20.1. The van der Waals surface area contributed by atoms with Gasteiger partial charge < -0.3 is 0 Å². The second-order valence-corrected chi connectivity index (χ2v) is 6.87. The molecule has 1 aromatic carbocycles. The zero-order chi connectivity index (χ0) is 15.5. The largest absolute Gasteiger partial charge is 0.273 e. The van der Waals surface area contributed by atoms with Crippen molar-refractivity contribution in [1.82, 2.24) is 4.72 Å². The third kappa shape index (κ3) is 3.56. The van der Waals surface area contributed by atoms with Crippen molar-refractivity contribution in [2.45, 2.75) is 37.0 Å². The number of benzene rings is 1. The average Bonchev–Trinajstić information content (AvgIpc) is 2.87. The van der Waals surface area contributed by atoms with Crippen LogP contribution >= 0.6 is 0 Å². The van der Waals surface area contributed by atoms with Crippen molar-refractivity contribution in [3.63, 3.8) is 0 Å². The van der Waals surface area contributed by atoms with Gasteiger partial charge in [0.25, 0.3) is 5.69 Å². The minimum atomic E-state index is -3.82. The average molecular weight is 309 g/mol. The zero-order valence-electron chi connectivity index (χ0n) is 11.3. The number of hydrogen-bond donors (Lipinski definition) is 1. The first-order valence-corrected chi connectivity index (χ1v) is 8.18. The first-order valence-electron chi connectivity index (χ1n) is 6.53. The monoisotopic (exact) mass is 309 g/mol. The molecule has 1 saturated carbocycles. The van der Waals surface area contributed by atoms with Crippen molar-refractivity contribution in [1.29, 1.82) is 5.26 Å². The number of nitrogens with one attached hydrogen (secondary N) is 1. The van der Waals surface area contributed by atoms with E-state index in [1.807, 2.05) is 6.07 Å². The Bertz CT molecular complexity index is 688. The van der Waals surface area contributed by atoms with Crippen molar-refractivity contribution < 1.29 is 13.3 Å². The van der Waals surface area contributed by atoms with E-state index in [4.69, 9.17) is 0 Å². The van der Waals surface area contributed by atoms with Crippen molar-refractivity contribution in [3.05, 3.63) is 39.9 Å². The lowest BCUT2D eigenvalue weighted by molar-refractivity contribution is -0.385. The zero-order valence-corrected chi connectivity index (χ0v) is 12.1. The van der Waals surface area contributed by atoms with Gasteiger partial charge in [0.1, 0.15) is 5.54 Å². The predicted octanol–water partition coefficient (Wildman–Crippen LogP) is 1.85. The Morgan fingerprint density at radius 3 is 2.52 bits per heavy atom. The lowest BCUT2D eigenvalue weighted by Crippen LogP contribution is -2.45. The van der Waals surface area contributed by atoms with Crippen molar-refractivity contribution >= 4 is 15.7 Å². The van der Waals surface area contributed by atoms with Crippen LogP contribution in [0.15, 0.2) is 24.3 Å². The Morgan fingerprint density at radius 2 is 1.95 bits per heavy atom. The van der Waals surface area contributed by atoms with Crippen LogP contribution in [0.5, 0.6) is 0 Å². The van der Waals surface area contributed by atoms with Gasteiger partial charge in [0.05, 0.1) is 16.7 Å². The summed E-state index contributed by atoms with van der Waals surface area (Å²) < 4.78 is 26.8. The summed E-state index contributed by atoms with van der Waals surface area (Å²) in [5.74, 6) is -0.506. The van der Waals surface area contributed by atoms with Crippen LogP contribution in [-0.4, -0.2) is 18.9 Å². The van der Waals surface area contributed by atoms with Gasteiger partial charge in [-0.3, -0.25) is 10.1 Å². The maximum absolute atomic E-state index is 12.2. The van der Waals surface area contributed by atoms with E-state index in [-0.39, 0.29) is 11.3 Å². The summed E-state index contributed by atoms with van der Waals surface area (Å²) in [5.41, 5.74) is -1.19. The van der Waals surface area contributed by atoms with Gasteiger partial charge in [-0.05, 0) is 12.8 Å². The van der Waals surface area contributed by atoms with Crippen LogP contribution in [0, 0.1) is 21.4 Å². The summed E-state index contributed by atoms with van der Waals surface area (Å²) >= 11 is 0. The number of hydrogen-bond acceptors (Lipinski definition) is 5. The van der Waals surface area contributed by atoms with E-state index in [1.165, 1.54) is 18.2 Å². The van der Waals surface area contributed by atoms with Gasteiger partial charge in [-0.15, -0.1) is 0 Å². The standard InChI is InChI=1S/C13H15N3O4S/c14-10-13(7-3-4-8-13)15-21(19,20)9-11-5-1-2-6-12(11)16(17)18/h1-2,5-6,15H,3-4,7-9H2. The van der Waals surface area contributed by atoms with Gasteiger partial charge in [-0.2, -0.15) is 9.98 Å². The fourth-order valence-electron chi connectivity index (χ4n) is 2.56. The van der Waals surface area contributed by atoms with E-state index in [0.717, 1.165) is 12.8 Å². The molecule has 1 fully saturated rings. The third-order valence-corrected chi connectivity index (χ3v) is 4.95. The Hall–Kier alpha value is -1.98. The Balaban J connectivity index is 2.23. The molecule has 0 radical (unpaired) electrons. The summed E-state index contributed by atoms with van der Waals surface area (Å²) in [6.07, 6.45) is 2.53. The third-order valence-electron chi connectivity index (χ3n) is 3.56. The molecule has 0 aromatic heterocycles. The molecule has 1 aliphatic rings. The molecule has 7 nitrogen and oxygen atoms in total. The van der Waals surface area contributed by atoms with Gasteiger partial charge in [0, 0.05) is 11.6 Å². The maximum Gasteiger partial charge on any atom is 0.273 e. The molecule has 0 aliphatic heterocycles. The van der Waals surface area contributed by atoms with Gasteiger partial charge in [-0.1, -0.05) is 31.0 Å². The Morgan fingerprint density at radius 1 is 1.33 bits per heavy atom. The quantitative estimate of drug-likeness (QED) is 0.658. The van der Waals surface area contributed by atoms with Gasteiger partial charge >= 0.3 is 0 Å². The first-order chi connectivity index (χ1) is 9.87. The molecule has 0 bridgehead atoms. The summed E-state index contributed by atoms with van der Waals surface area (Å²) in [6, 6.07) is 7.74. The highest BCUT2D eigenvalue weighted by molar-refractivity contribution is 7.88. The number of para-hydroxylation sites is 1. The molecule has 1 aromatic rings. The van der Waals surface area contributed by atoms with Gasteiger partial charge in [-0.25, -0.2) is 8.42 Å². The maximum atomic E-state index is 12.2. The number of nitrogens with zero attached hydrogens (tertiary/aromatic N) is 2. The second kappa shape index (κ2) is 5.79. The lowest BCUT2D eigenvalue weighted by atomic mass is 10.0. The molecule has 8 heteroatoms. The Labute approximate surface area is 122 Å². The van der Waals surface area contributed by atoms with Gasteiger partial charge in [0.15, 0.2) is 0 Å². The highest BCUT2D eigenvalue weighted by Crippen LogP contribution is 2.30. The minimum absolute atomic E-state index is 0.112. The van der Waals surface area contributed by atoms with Crippen molar-refractivity contribution in [3.8, 4) is 6.07 Å². The van der Waals surface area contributed by atoms with Crippen LogP contribution in [-0.2, 0) is 15.8 Å². The molecule has 0 unspecified atom stereocenters.